The Kier molecular flexibility index (Phi) is 6.90. The summed E-state index contributed by atoms with van der Waals surface area (Å²) >= 11 is 0. The molecule has 47 heavy (non-hydrogen) atoms. The highest BCUT2D eigenvalue weighted by molar-refractivity contribution is 5.66. The number of aliphatic hydroxyl groups excluding tert-OH is 4. The van der Waals surface area contributed by atoms with Crippen molar-refractivity contribution in [3.8, 4) is 0 Å². The molecule has 8 aliphatic rings. The molecule has 264 valence electrons. The molecule has 8 rings (SSSR count). The monoisotopic (exact) mass is 660 g/mol. The van der Waals surface area contributed by atoms with E-state index in [0.29, 0.717) is 5.92 Å². The molecule has 0 aromatic heterocycles. The van der Waals surface area contributed by atoms with Gasteiger partial charge in [0.1, 0.15) is 36.1 Å². The molecule has 5 aliphatic carbocycles. The smallest absolute Gasteiger partial charge is 0.303 e. The molecule has 0 radical (unpaired) electrons. The average Bonchev–Trinajstić information content (AvgIpc) is 3.49. The number of carbonyl (C=O) groups excluding carboxylic acids is 1. The molecule has 3 spiro atoms. The van der Waals surface area contributed by atoms with Crippen molar-refractivity contribution in [3.63, 3.8) is 0 Å². The second-order valence-electron chi connectivity index (χ2n) is 18.4. The molecule has 4 N–H and O–H groups in total. The highest BCUT2D eigenvalue weighted by Gasteiger charge is 2.86. The Labute approximate surface area is 278 Å². The van der Waals surface area contributed by atoms with Gasteiger partial charge in [-0.25, -0.2) is 0 Å². The van der Waals surface area contributed by atoms with Crippen LogP contribution in [-0.4, -0.2) is 93.4 Å². The summed E-state index contributed by atoms with van der Waals surface area (Å²) in [6.07, 6.45) is 2.55. The zero-order valence-electron chi connectivity index (χ0n) is 29.3. The zero-order chi connectivity index (χ0) is 33.9. The molecule has 4 saturated carbocycles. The molecule has 10 heteroatoms. The molecule has 0 aromatic carbocycles. The van der Waals surface area contributed by atoms with Gasteiger partial charge in [-0.2, -0.15) is 0 Å². The van der Waals surface area contributed by atoms with E-state index in [1.807, 2.05) is 13.8 Å². The molecule has 3 saturated heterocycles. The number of rotatable bonds is 4. The Morgan fingerprint density at radius 3 is 2.45 bits per heavy atom. The topological polar surface area (TPSA) is 144 Å². The number of fused-ring (bicyclic) bond motifs is 4. The molecule has 2 bridgehead atoms. The van der Waals surface area contributed by atoms with Crippen LogP contribution in [0.15, 0.2) is 11.6 Å². The molecule has 0 unspecified atom stereocenters. The molecule has 3 heterocycles. The van der Waals surface area contributed by atoms with Crippen LogP contribution in [0.2, 0.25) is 0 Å². The molecule has 0 aromatic rings. The van der Waals surface area contributed by atoms with E-state index < -0.39 is 53.6 Å². The van der Waals surface area contributed by atoms with Gasteiger partial charge < -0.3 is 44.1 Å². The second-order valence-corrected chi connectivity index (χ2v) is 18.4. The maximum atomic E-state index is 12.8. The van der Waals surface area contributed by atoms with Crippen molar-refractivity contribution in [3.05, 3.63) is 11.6 Å². The lowest BCUT2D eigenvalue weighted by Gasteiger charge is -2.60. The molecule has 7 fully saturated rings. The number of aliphatic hydroxyl groups is 4. The van der Waals surface area contributed by atoms with E-state index in [4.69, 9.17) is 23.7 Å². The van der Waals surface area contributed by atoms with Crippen molar-refractivity contribution < 1.29 is 48.9 Å². The van der Waals surface area contributed by atoms with E-state index in [1.165, 1.54) is 12.5 Å². The SMILES string of the molecule is CC(=O)OC(C)(C)[C@@H]1O[C@@]23O[C@@H]1C[C@@H](C)[C@@H]2[C@@]1(C)CC[C@@]24C[C@@]25CC[C@H](O[C@@H]2OC[C@@H](O)[C@H](O)[C@H]2O)C(C)(C)[C@@H]5CC=C4[C@]1(C)[C@H]3O. The van der Waals surface area contributed by atoms with Crippen molar-refractivity contribution in [1.29, 1.82) is 0 Å². The molecule has 16 atom stereocenters. The average molecular weight is 661 g/mol. The third kappa shape index (κ3) is 3.83. The lowest BCUT2D eigenvalue weighted by molar-refractivity contribution is -0.300. The van der Waals surface area contributed by atoms with Crippen LogP contribution in [0.1, 0.15) is 100 Å². The summed E-state index contributed by atoms with van der Waals surface area (Å²) in [5.41, 5.74) is -0.442. The van der Waals surface area contributed by atoms with Crippen LogP contribution in [0.25, 0.3) is 0 Å². The minimum absolute atomic E-state index is 0.00363. The van der Waals surface area contributed by atoms with Crippen molar-refractivity contribution >= 4 is 5.97 Å². The quantitative estimate of drug-likeness (QED) is 0.261. The third-order valence-electron chi connectivity index (χ3n) is 15.6. The van der Waals surface area contributed by atoms with Crippen LogP contribution in [-0.2, 0) is 28.5 Å². The number of hydrogen-bond donors (Lipinski definition) is 4. The summed E-state index contributed by atoms with van der Waals surface area (Å²) in [5, 5.41) is 43.6. The van der Waals surface area contributed by atoms with Gasteiger partial charge >= 0.3 is 5.97 Å². The first-order chi connectivity index (χ1) is 21.8. The number of ether oxygens (including phenoxy) is 5. The van der Waals surface area contributed by atoms with Crippen molar-refractivity contribution in [1.82, 2.24) is 0 Å². The first-order valence-corrected chi connectivity index (χ1v) is 18.1. The van der Waals surface area contributed by atoms with Crippen molar-refractivity contribution in [2.24, 2.45) is 44.8 Å². The van der Waals surface area contributed by atoms with E-state index >= 15 is 0 Å². The molecule has 3 aliphatic heterocycles. The predicted molar refractivity (Wildman–Crippen MR) is 168 cm³/mol. The Bertz CT molecular complexity index is 1380. The number of carbonyl (C=O) groups is 1. The van der Waals surface area contributed by atoms with Gasteiger partial charge in [-0.3, -0.25) is 4.79 Å². The van der Waals surface area contributed by atoms with Gasteiger partial charge in [-0.05, 0) is 92.3 Å². The Morgan fingerprint density at radius 1 is 1.02 bits per heavy atom. The normalized spacial score (nSPS) is 57.1. The summed E-state index contributed by atoms with van der Waals surface area (Å²) in [4.78, 5) is 12.1. The van der Waals surface area contributed by atoms with E-state index in [-0.39, 0.29) is 58.3 Å². The Morgan fingerprint density at radius 2 is 1.74 bits per heavy atom. The fourth-order valence-electron chi connectivity index (χ4n) is 13.5. The number of hydrogen-bond acceptors (Lipinski definition) is 10. The van der Waals surface area contributed by atoms with Gasteiger partial charge in [-0.15, -0.1) is 0 Å². The summed E-state index contributed by atoms with van der Waals surface area (Å²) in [5.74, 6) is -0.922. The van der Waals surface area contributed by atoms with Crippen LogP contribution in [0, 0.1) is 44.8 Å². The standard InChI is InChI=1S/C37H56O10/c1-18-15-21-28(32(5,6)45-19(2)38)47-37(46-21)27(18)33(7)13-14-36-17-35(36)12-11-24(44-29-26(41)25(40)20(39)16-43-29)31(3,4)22(35)9-10-23(36)34(33,8)30(37)42/h10,18,20-22,24-30,39-42H,9,11-17H2,1-8H3/t18-,20-,21-,22+,24+,25+,26-,27-,28-,29+,30-,33-,34-,35-,36+,37+/m1/s1. The van der Waals surface area contributed by atoms with Crippen LogP contribution < -0.4 is 0 Å². The van der Waals surface area contributed by atoms with Crippen LogP contribution in [0.5, 0.6) is 0 Å². The molecular formula is C37H56O10. The molecule has 10 nitrogen and oxygen atoms in total. The summed E-state index contributed by atoms with van der Waals surface area (Å²) in [6.45, 7) is 16.6. The second kappa shape index (κ2) is 9.81. The molecule has 0 amide bonds. The highest BCUT2D eigenvalue weighted by Crippen LogP contribution is 2.89. The first-order valence-electron chi connectivity index (χ1n) is 18.1. The van der Waals surface area contributed by atoms with E-state index in [2.05, 4.69) is 40.7 Å². The van der Waals surface area contributed by atoms with Gasteiger partial charge in [0.05, 0.1) is 18.8 Å². The predicted octanol–water partition coefficient (Wildman–Crippen LogP) is 3.61. The van der Waals surface area contributed by atoms with Crippen LogP contribution >= 0.6 is 0 Å². The van der Waals surface area contributed by atoms with Crippen molar-refractivity contribution in [2.45, 2.75) is 161 Å². The van der Waals surface area contributed by atoms with E-state index in [0.717, 1.165) is 44.9 Å². The zero-order valence-corrected chi connectivity index (χ0v) is 29.3. The Hall–Kier alpha value is -1.11. The third-order valence-corrected chi connectivity index (χ3v) is 15.6. The first kappa shape index (κ1) is 33.1. The van der Waals surface area contributed by atoms with Crippen LogP contribution in [0.4, 0.5) is 0 Å². The van der Waals surface area contributed by atoms with Gasteiger partial charge in [0, 0.05) is 18.3 Å². The van der Waals surface area contributed by atoms with Crippen LogP contribution in [0.3, 0.4) is 0 Å². The largest absolute Gasteiger partial charge is 0.457 e. The minimum atomic E-state index is -1.31. The maximum absolute atomic E-state index is 12.8. The lowest BCUT2D eigenvalue weighted by atomic mass is 9.44. The summed E-state index contributed by atoms with van der Waals surface area (Å²) in [7, 11) is 0. The highest BCUT2D eigenvalue weighted by atomic mass is 16.8. The van der Waals surface area contributed by atoms with E-state index in [9.17, 15) is 25.2 Å². The number of esters is 1. The van der Waals surface area contributed by atoms with E-state index in [1.54, 1.807) is 0 Å². The lowest BCUT2D eigenvalue weighted by Crippen LogP contribution is -2.58. The van der Waals surface area contributed by atoms with Crippen molar-refractivity contribution in [2.75, 3.05) is 6.61 Å². The summed E-state index contributed by atoms with van der Waals surface area (Å²) < 4.78 is 31.8. The maximum Gasteiger partial charge on any atom is 0.303 e. The van der Waals surface area contributed by atoms with Gasteiger partial charge in [-0.1, -0.05) is 46.3 Å². The van der Waals surface area contributed by atoms with Gasteiger partial charge in [0.25, 0.3) is 0 Å². The Balaban J connectivity index is 1.12. The minimum Gasteiger partial charge on any atom is -0.457 e. The summed E-state index contributed by atoms with van der Waals surface area (Å²) in [6, 6.07) is 0. The fraction of sp³-hybridized carbons (Fsp3) is 0.919. The molecular weight excluding hydrogens is 604 g/mol. The fourth-order valence-corrected chi connectivity index (χ4v) is 13.5. The van der Waals surface area contributed by atoms with Gasteiger partial charge in [0.15, 0.2) is 12.1 Å². The number of allylic oxidation sites excluding steroid dienone is 1. The van der Waals surface area contributed by atoms with Gasteiger partial charge in [0.2, 0.25) is 0 Å².